The first-order valence-electron chi connectivity index (χ1n) is 12.3. The van der Waals surface area contributed by atoms with Gasteiger partial charge in [0.1, 0.15) is 11.4 Å². The molecular formula is C25H28F3N7O. The number of anilines is 4. The molecule has 2 aliphatic heterocycles. The van der Waals surface area contributed by atoms with E-state index in [2.05, 4.69) is 20.1 Å². The van der Waals surface area contributed by atoms with E-state index in [9.17, 15) is 13.2 Å². The summed E-state index contributed by atoms with van der Waals surface area (Å²) >= 11 is 0. The normalized spacial score (nSPS) is 23.5. The van der Waals surface area contributed by atoms with Crippen LogP contribution in [0.5, 0.6) is 5.75 Å². The van der Waals surface area contributed by atoms with Crippen molar-refractivity contribution in [1.82, 2.24) is 19.7 Å². The Morgan fingerprint density at radius 3 is 2.44 bits per heavy atom. The summed E-state index contributed by atoms with van der Waals surface area (Å²) in [7, 11) is 1.65. The van der Waals surface area contributed by atoms with Crippen molar-refractivity contribution in [2.24, 2.45) is 11.8 Å². The maximum atomic E-state index is 13.2. The van der Waals surface area contributed by atoms with Gasteiger partial charge in [0.25, 0.3) is 0 Å². The summed E-state index contributed by atoms with van der Waals surface area (Å²) in [6, 6.07) is 11.0. The molecule has 1 saturated heterocycles. The van der Waals surface area contributed by atoms with Gasteiger partial charge in [-0.1, -0.05) is 0 Å². The SMILES string of the molecule is COc1ccc(N2CCCn3nc(N[C@@H]4[C@@H]5CC[C@H]4CN(c4ccnc(C(F)(F)F)c4)C5)nc32)cc1. The smallest absolute Gasteiger partial charge is 0.433 e. The van der Waals surface area contributed by atoms with Gasteiger partial charge < -0.3 is 19.9 Å². The molecule has 8 nitrogen and oxygen atoms in total. The van der Waals surface area contributed by atoms with Gasteiger partial charge in [-0.25, -0.2) is 4.68 Å². The number of nitrogens with zero attached hydrogens (tertiary/aromatic N) is 6. The standard InChI is InChI=1S/C25H28F3N7O/c1-36-20-7-5-18(6-8-20)34-11-2-12-35-24(34)31-23(32-35)30-22-16-3-4-17(22)15-33(14-16)19-9-10-29-21(13-19)25(26,27)28/h5-10,13,16-17,22H,2-4,11-12,14-15H2,1H3,(H,30,32)/t16-,17+,22-. The van der Waals surface area contributed by atoms with Crippen molar-refractivity contribution < 1.29 is 17.9 Å². The van der Waals surface area contributed by atoms with E-state index in [-0.39, 0.29) is 6.04 Å². The van der Waals surface area contributed by atoms with Crippen LogP contribution in [0.15, 0.2) is 42.6 Å². The molecule has 1 saturated carbocycles. The maximum absolute atomic E-state index is 13.2. The molecule has 2 bridgehead atoms. The Morgan fingerprint density at radius 1 is 1.00 bits per heavy atom. The Labute approximate surface area is 207 Å². The number of methoxy groups -OCH3 is 1. The number of rotatable bonds is 5. The minimum Gasteiger partial charge on any atom is -0.497 e. The molecule has 3 aromatic rings. The lowest BCUT2D eigenvalue weighted by Crippen LogP contribution is -2.48. The number of fused-ring (bicyclic) bond motifs is 3. The van der Waals surface area contributed by atoms with Crippen molar-refractivity contribution in [2.45, 2.75) is 38.0 Å². The monoisotopic (exact) mass is 499 g/mol. The fraction of sp³-hybridized carbons (Fsp3) is 0.480. The largest absolute Gasteiger partial charge is 0.497 e. The molecule has 0 unspecified atom stereocenters. The highest BCUT2D eigenvalue weighted by atomic mass is 19.4. The number of aryl methyl sites for hydroxylation is 1. The van der Waals surface area contributed by atoms with Crippen molar-refractivity contribution in [3.63, 3.8) is 0 Å². The van der Waals surface area contributed by atoms with Gasteiger partial charge in [0.05, 0.1) is 7.11 Å². The molecular weight excluding hydrogens is 471 g/mol. The Balaban J connectivity index is 1.18. The third kappa shape index (κ3) is 4.20. The van der Waals surface area contributed by atoms with Gasteiger partial charge >= 0.3 is 6.18 Å². The molecule has 1 aromatic carbocycles. The van der Waals surface area contributed by atoms with Crippen LogP contribution in [0.3, 0.4) is 0 Å². The molecule has 3 atom stereocenters. The van der Waals surface area contributed by atoms with E-state index >= 15 is 0 Å². The van der Waals surface area contributed by atoms with Gasteiger partial charge in [0.15, 0.2) is 0 Å². The van der Waals surface area contributed by atoms with Crippen molar-refractivity contribution >= 4 is 23.3 Å². The lowest BCUT2D eigenvalue weighted by atomic mass is 9.92. The minimum absolute atomic E-state index is 0.198. The van der Waals surface area contributed by atoms with Gasteiger partial charge in [0.2, 0.25) is 11.9 Å². The van der Waals surface area contributed by atoms with E-state index in [4.69, 9.17) is 14.8 Å². The van der Waals surface area contributed by atoms with Gasteiger partial charge in [0, 0.05) is 49.8 Å². The van der Waals surface area contributed by atoms with Crippen molar-refractivity contribution in [3.8, 4) is 5.75 Å². The summed E-state index contributed by atoms with van der Waals surface area (Å²) in [5.74, 6) is 2.86. The van der Waals surface area contributed by atoms with Crippen molar-refractivity contribution in [3.05, 3.63) is 48.3 Å². The van der Waals surface area contributed by atoms with Crippen LogP contribution in [0.2, 0.25) is 0 Å². The quantitative estimate of drug-likeness (QED) is 0.552. The van der Waals surface area contributed by atoms with E-state index < -0.39 is 11.9 Å². The van der Waals surface area contributed by atoms with Crippen LogP contribution in [0.25, 0.3) is 0 Å². The second kappa shape index (κ2) is 8.86. The van der Waals surface area contributed by atoms with Crippen molar-refractivity contribution in [2.75, 3.05) is 41.9 Å². The molecule has 36 heavy (non-hydrogen) atoms. The third-order valence-electron chi connectivity index (χ3n) is 7.56. The summed E-state index contributed by atoms with van der Waals surface area (Å²) in [4.78, 5) is 12.6. The summed E-state index contributed by atoms with van der Waals surface area (Å²) in [6.07, 6.45) is -0.167. The number of pyridine rings is 1. The topological polar surface area (TPSA) is 71.3 Å². The van der Waals surface area contributed by atoms with E-state index in [1.54, 1.807) is 13.2 Å². The second-order valence-corrected chi connectivity index (χ2v) is 9.73. The minimum atomic E-state index is -4.44. The van der Waals surface area contributed by atoms with E-state index in [0.29, 0.717) is 36.6 Å². The molecule has 2 aromatic heterocycles. The third-order valence-corrected chi connectivity index (χ3v) is 7.56. The van der Waals surface area contributed by atoms with Crippen LogP contribution in [0.4, 0.5) is 36.4 Å². The van der Waals surface area contributed by atoms with Crippen LogP contribution in [-0.4, -0.2) is 52.5 Å². The van der Waals surface area contributed by atoms with Gasteiger partial charge in [-0.2, -0.15) is 18.2 Å². The molecule has 190 valence electrons. The molecule has 6 rings (SSSR count). The highest BCUT2D eigenvalue weighted by Crippen LogP contribution is 2.41. The molecule has 0 radical (unpaired) electrons. The average molecular weight is 500 g/mol. The number of hydrogen-bond acceptors (Lipinski definition) is 7. The highest BCUT2D eigenvalue weighted by molar-refractivity contribution is 5.60. The van der Waals surface area contributed by atoms with E-state index in [1.807, 2.05) is 28.9 Å². The number of halogens is 3. The summed E-state index contributed by atoms with van der Waals surface area (Å²) in [6.45, 7) is 3.06. The zero-order valence-corrected chi connectivity index (χ0v) is 19.9. The Morgan fingerprint density at radius 2 is 1.75 bits per heavy atom. The fourth-order valence-corrected chi connectivity index (χ4v) is 5.82. The highest BCUT2D eigenvalue weighted by Gasteiger charge is 2.43. The first-order valence-corrected chi connectivity index (χ1v) is 12.3. The van der Waals surface area contributed by atoms with Crippen LogP contribution < -0.4 is 19.9 Å². The molecule has 1 aliphatic carbocycles. The number of alkyl halides is 3. The number of piperidine rings is 1. The Hall–Kier alpha value is -3.50. The van der Waals surface area contributed by atoms with Crippen LogP contribution in [0, 0.1) is 11.8 Å². The average Bonchev–Trinajstić information content (AvgIpc) is 3.39. The number of hydrogen-bond donors (Lipinski definition) is 1. The van der Waals surface area contributed by atoms with Gasteiger partial charge in [-0.05, 0) is 67.5 Å². The predicted octanol–water partition coefficient (Wildman–Crippen LogP) is 4.57. The summed E-state index contributed by atoms with van der Waals surface area (Å²) in [5, 5.41) is 8.34. The molecule has 11 heteroatoms. The molecule has 0 spiro atoms. The first-order chi connectivity index (χ1) is 17.4. The lowest BCUT2D eigenvalue weighted by molar-refractivity contribution is -0.141. The predicted molar refractivity (Wildman–Crippen MR) is 130 cm³/mol. The molecule has 4 heterocycles. The molecule has 2 fully saturated rings. The Bertz CT molecular complexity index is 1220. The number of ether oxygens (including phenoxy) is 1. The zero-order chi connectivity index (χ0) is 24.9. The van der Waals surface area contributed by atoms with Crippen molar-refractivity contribution in [1.29, 1.82) is 0 Å². The second-order valence-electron chi connectivity index (χ2n) is 9.73. The lowest BCUT2D eigenvalue weighted by Gasteiger charge is -2.39. The maximum Gasteiger partial charge on any atom is 0.433 e. The van der Waals surface area contributed by atoms with Gasteiger partial charge in [-0.15, -0.1) is 5.10 Å². The Kier molecular flexibility index (Phi) is 5.65. The van der Waals surface area contributed by atoms with Gasteiger partial charge in [-0.3, -0.25) is 4.98 Å². The van der Waals surface area contributed by atoms with Crippen LogP contribution >= 0.6 is 0 Å². The molecule has 1 N–H and O–H groups in total. The molecule has 3 aliphatic rings. The van der Waals surface area contributed by atoms with E-state index in [0.717, 1.165) is 55.8 Å². The number of benzene rings is 1. The fourth-order valence-electron chi connectivity index (χ4n) is 5.82. The number of aromatic nitrogens is 4. The summed E-state index contributed by atoms with van der Waals surface area (Å²) < 4.78 is 46.7. The summed E-state index contributed by atoms with van der Waals surface area (Å²) in [5.41, 5.74) is 0.778. The number of nitrogens with one attached hydrogen (secondary N) is 1. The zero-order valence-electron chi connectivity index (χ0n) is 19.9. The van der Waals surface area contributed by atoms with Crippen LogP contribution in [0.1, 0.15) is 25.0 Å². The first kappa shape index (κ1) is 22.9. The van der Waals surface area contributed by atoms with E-state index in [1.165, 1.54) is 6.20 Å². The van der Waals surface area contributed by atoms with Crippen LogP contribution in [-0.2, 0) is 12.7 Å². The molecule has 0 amide bonds.